The monoisotopic (exact) mass is 340 g/mol. The molecule has 2 heterocycles. The number of hydrogen-bond acceptors (Lipinski definition) is 4. The Balaban J connectivity index is 1.61. The first kappa shape index (κ1) is 16.4. The van der Waals surface area contributed by atoms with Crippen LogP contribution in [0.5, 0.6) is 0 Å². The Morgan fingerprint density at radius 1 is 1.39 bits per heavy atom. The summed E-state index contributed by atoms with van der Waals surface area (Å²) < 4.78 is 43.6. The SMILES string of the molecule is CC1CN(S(C)(=O)=O)CCC1NCc1cc2cc(F)ccc2o1. The summed E-state index contributed by atoms with van der Waals surface area (Å²) in [7, 11) is -3.12. The van der Waals surface area contributed by atoms with Crippen LogP contribution in [0.4, 0.5) is 4.39 Å². The van der Waals surface area contributed by atoms with E-state index in [-0.39, 0.29) is 17.8 Å². The lowest BCUT2D eigenvalue weighted by atomic mass is 9.95. The number of sulfonamides is 1. The van der Waals surface area contributed by atoms with Crippen molar-refractivity contribution in [2.24, 2.45) is 5.92 Å². The molecule has 7 heteroatoms. The quantitative estimate of drug-likeness (QED) is 0.928. The second-order valence-corrected chi connectivity index (χ2v) is 8.25. The molecule has 2 aromatic rings. The molecule has 0 radical (unpaired) electrons. The van der Waals surface area contributed by atoms with Crippen LogP contribution in [0.15, 0.2) is 28.7 Å². The van der Waals surface area contributed by atoms with Crippen LogP contribution < -0.4 is 5.32 Å². The molecule has 23 heavy (non-hydrogen) atoms. The van der Waals surface area contributed by atoms with Crippen LogP contribution in [-0.4, -0.2) is 38.1 Å². The maximum atomic E-state index is 13.2. The second-order valence-electron chi connectivity index (χ2n) is 6.27. The number of piperidine rings is 1. The van der Waals surface area contributed by atoms with Gasteiger partial charge in [0.05, 0.1) is 12.8 Å². The van der Waals surface area contributed by atoms with Gasteiger partial charge in [0.15, 0.2) is 0 Å². The van der Waals surface area contributed by atoms with Crippen molar-refractivity contribution in [3.8, 4) is 0 Å². The molecule has 1 N–H and O–H groups in total. The van der Waals surface area contributed by atoms with E-state index in [4.69, 9.17) is 4.42 Å². The van der Waals surface area contributed by atoms with Crippen LogP contribution in [0.2, 0.25) is 0 Å². The summed E-state index contributed by atoms with van der Waals surface area (Å²) in [5, 5.41) is 4.18. The summed E-state index contributed by atoms with van der Waals surface area (Å²) in [6, 6.07) is 6.53. The third-order valence-electron chi connectivity index (χ3n) is 4.40. The minimum Gasteiger partial charge on any atom is -0.460 e. The first-order valence-electron chi connectivity index (χ1n) is 7.69. The number of fused-ring (bicyclic) bond motifs is 1. The number of benzene rings is 1. The van der Waals surface area contributed by atoms with Gasteiger partial charge in [-0.1, -0.05) is 6.92 Å². The molecule has 1 aliphatic heterocycles. The molecular formula is C16H21FN2O3S. The van der Waals surface area contributed by atoms with Crippen molar-refractivity contribution < 1.29 is 17.2 Å². The smallest absolute Gasteiger partial charge is 0.211 e. The lowest BCUT2D eigenvalue weighted by molar-refractivity contribution is 0.217. The fraction of sp³-hybridized carbons (Fsp3) is 0.500. The van der Waals surface area contributed by atoms with Gasteiger partial charge in [-0.2, -0.15) is 0 Å². The van der Waals surface area contributed by atoms with E-state index < -0.39 is 10.0 Å². The Kier molecular flexibility index (Phi) is 4.44. The Hall–Kier alpha value is -1.44. The van der Waals surface area contributed by atoms with Gasteiger partial charge in [0.25, 0.3) is 0 Å². The zero-order valence-corrected chi connectivity index (χ0v) is 14.1. The predicted octanol–water partition coefficient (Wildman–Crippen LogP) is 2.33. The van der Waals surface area contributed by atoms with Crippen LogP contribution in [0, 0.1) is 11.7 Å². The Bertz CT molecular complexity index is 803. The summed E-state index contributed by atoms with van der Waals surface area (Å²) in [5.41, 5.74) is 0.670. The normalized spacial score (nSPS) is 23.4. The fourth-order valence-electron chi connectivity index (χ4n) is 3.10. The number of hydrogen-bond donors (Lipinski definition) is 1. The lowest BCUT2D eigenvalue weighted by Gasteiger charge is -2.35. The molecule has 3 rings (SSSR count). The molecule has 2 atom stereocenters. The van der Waals surface area contributed by atoms with Gasteiger partial charge in [0.2, 0.25) is 10.0 Å². The molecule has 0 aliphatic carbocycles. The number of furan rings is 1. The lowest BCUT2D eigenvalue weighted by Crippen LogP contribution is -2.49. The van der Waals surface area contributed by atoms with E-state index in [1.54, 1.807) is 6.07 Å². The third kappa shape index (κ3) is 3.73. The van der Waals surface area contributed by atoms with E-state index in [9.17, 15) is 12.8 Å². The molecule has 1 saturated heterocycles. The molecule has 1 fully saturated rings. The maximum absolute atomic E-state index is 13.2. The molecule has 126 valence electrons. The van der Waals surface area contributed by atoms with Crippen LogP contribution >= 0.6 is 0 Å². The van der Waals surface area contributed by atoms with E-state index in [0.717, 1.165) is 17.6 Å². The zero-order chi connectivity index (χ0) is 16.6. The van der Waals surface area contributed by atoms with Crippen molar-refractivity contribution in [1.29, 1.82) is 0 Å². The molecule has 0 amide bonds. The summed E-state index contributed by atoms with van der Waals surface area (Å²) in [5.74, 6) is 0.697. The minimum atomic E-state index is -3.12. The number of rotatable bonds is 4. The van der Waals surface area contributed by atoms with Gasteiger partial charge in [0.1, 0.15) is 17.2 Å². The van der Waals surface area contributed by atoms with Gasteiger partial charge in [-0.05, 0) is 36.6 Å². The average Bonchev–Trinajstić information content (AvgIpc) is 2.86. The van der Waals surface area contributed by atoms with Crippen LogP contribution in [0.25, 0.3) is 11.0 Å². The van der Waals surface area contributed by atoms with Crippen molar-refractivity contribution >= 4 is 21.0 Å². The highest BCUT2D eigenvalue weighted by Gasteiger charge is 2.30. The second kappa shape index (κ2) is 6.22. The van der Waals surface area contributed by atoms with Crippen molar-refractivity contribution in [3.63, 3.8) is 0 Å². The summed E-state index contributed by atoms with van der Waals surface area (Å²) in [4.78, 5) is 0. The summed E-state index contributed by atoms with van der Waals surface area (Å²) >= 11 is 0. The highest BCUT2D eigenvalue weighted by Crippen LogP contribution is 2.22. The molecule has 5 nitrogen and oxygen atoms in total. The third-order valence-corrected chi connectivity index (χ3v) is 5.67. The van der Waals surface area contributed by atoms with Crippen molar-refractivity contribution in [1.82, 2.24) is 9.62 Å². The number of nitrogens with zero attached hydrogens (tertiary/aromatic N) is 1. The fourth-order valence-corrected chi connectivity index (χ4v) is 4.04. The molecule has 1 aromatic heterocycles. The Labute approximate surface area is 135 Å². The summed E-state index contributed by atoms with van der Waals surface area (Å²) in [6.07, 6.45) is 2.02. The maximum Gasteiger partial charge on any atom is 0.211 e. The molecular weight excluding hydrogens is 319 g/mol. The van der Waals surface area contributed by atoms with Crippen molar-refractivity contribution in [3.05, 3.63) is 35.8 Å². The summed E-state index contributed by atoms with van der Waals surface area (Å²) in [6.45, 7) is 3.65. The Morgan fingerprint density at radius 3 is 2.87 bits per heavy atom. The first-order valence-corrected chi connectivity index (χ1v) is 9.54. The van der Waals surface area contributed by atoms with Crippen LogP contribution in [-0.2, 0) is 16.6 Å². The van der Waals surface area contributed by atoms with E-state index in [0.29, 0.717) is 25.2 Å². The highest BCUT2D eigenvalue weighted by molar-refractivity contribution is 7.88. The van der Waals surface area contributed by atoms with Crippen LogP contribution in [0.3, 0.4) is 0 Å². The van der Waals surface area contributed by atoms with Gasteiger partial charge in [0, 0.05) is 24.5 Å². The van der Waals surface area contributed by atoms with E-state index in [2.05, 4.69) is 5.32 Å². The molecule has 0 bridgehead atoms. The van der Waals surface area contributed by atoms with Gasteiger partial charge < -0.3 is 9.73 Å². The zero-order valence-electron chi connectivity index (χ0n) is 13.3. The highest BCUT2D eigenvalue weighted by atomic mass is 32.2. The van der Waals surface area contributed by atoms with Gasteiger partial charge in [-0.25, -0.2) is 17.1 Å². The first-order chi connectivity index (χ1) is 10.8. The predicted molar refractivity (Wildman–Crippen MR) is 87.0 cm³/mol. The molecule has 0 spiro atoms. The van der Waals surface area contributed by atoms with E-state index in [1.165, 1.54) is 22.7 Å². The van der Waals surface area contributed by atoms with Gasteiger partial charge >= 0.3 is 0 Å². The molecule has 1 aromatic carbocycles. The Morgan fingerprint density at radius 2 is 2.17 bits per heavy atom. The average molecular weight is 340 g/mol. The largest absolute Gasteiger partial charge is 0.460 e. The standard InChI is InChI=1S/C16H21FN2O3S/c1-11-10-19(23(2,20)21)6-5-15(11)18-9-14-8-12-7-13(17)3-4-16(12)22-14/h3-4,7-8,11,15,18H,5-6,9-10H2,1-2H3. The minimum absolute atomic E-state index is 0.222. The number of halogens is 1. The van der Waals surface area contributed by atoms with Gasteiger partial charge in [-0.3, -0.25) is 0 Å². The van der Waals surface area contributed by atoms with Crippen molar-refractivity contribution in [2.45, 2.75) is 25.9 Å². The number of nitrogens with one attached hydrogen (secondary N) is 1. The van der Waals surface area contributed by atoms with E-state index in [1.807, 2.05) is 13.0 Å². The van der Waals surface area contributed by atoms with Crippen LogP contribution in [0.1, 0.15) is 19.1 Å². The van der Waals surface area contributed by atoms with Gasteiger partial charge in [-0.15, -0.1) is 0 Å². The molecule has 2 unspecified atom stereocenters. The topological polar surface area (TPSA) is 62.6 Å². The molecule has 0 saturated carbocycles. The molecule has 1 aliphatic rings. The van der Waals surface area contributed by atoms with Crippen molar-refractivity contribution in [2.75, 3.05) is 19.3 Å². The van der Waals surface area contributed by atoms with E-state index >= 15 is 0 Å².